The molecule has 0 amide bonds. The molecule has 0 radical (unpaired) electrons. The molecule has 2 aromatic heterocycles. The van der Waals surface area contributed by atoms with Crippen molar-refractivity contribution < 1.29 is 14.4 Å². The Morgan fingerprint density at radius 1 is 1.50 bits per heavy atom. The largest absolute Gasteiger partial charge is 0.481 e. The number of carboxylic acid groups (broad SMARTS) is 1. The predicted molar refractivity (Wildman–Crippen MR) is 65.4 cm³/mol. The molecule has 0 saturated carbocycles. The lowest BCUT2D eigenvalue weighted by Crippen LogP contribution is -1.97. The number of carboxylic acids is 1. The molecule has 0 spiro atoms. The van der Waals surface area contributed by atoms with Crippen molar-refractivity contribution in [3.8, 4) is 11.5 Å². The van der Waals surface area contributed by atoms with Gasteiger partial charge in [0.1, 0.15) is 11.4 Å². The van der Waals surface area contributed by atoms with Crippen molar-refractivity contribution in [2.24, 2.45) is 0 Å². The summed E-state index contributed by atoms with van der Waals surface area (Å²) in [6.45, 7) is 3.86. The molecule has 0 bridgehead atoms. The zero-order chi connectivity index (χ0) is 13.1. The molecule has 0 atom stereocenters. The fourth-order valence-corrected chi connectivity index (χ4v) is 1.93. The van der Waals surface area contributed by atoms with Gasteiger partial charge in [-0.3, -0.25) is 9.78 Å². The summed E-state index contributed by atoms with van der Waals surface area (Å²) < 4.78 is 4.95. The van der Waals surface area contributed by atoms with Gasteiger partial charge in [0.2, 0.25) is 5.82 Å². The molecule has 2 heterocycles. The van der Waals surface area contributed by atoms with E-state index in [4.69, 9.17) is 9.63 Å². The lowest BCUT2D eigenvalue weighted by molar-refractivity contribution is -0.133. The second-order valence-corrected chi connectivity index (χ2v) is 4.67. The third-order valence-corrected chi connectivity index (χ3v) is 2.96. The normalized spacial score (nSPS) is 10.6. The second kappa shape index (κ2) is 5.18. The Labute approximate surface area is 107 Å². The predicted octanol–water partition coefficient (Wildman–Crippen LogP) is 1.93. The lowest BCUT2D eigenvalue weighted by Gasteiger charge is -2.00. The van der Waals surface area contributed by atoms with Crippen molar-refractivity contribution >= 4 is 17.7 Å². The van der Waals surface area contributed by atoms with Gasteiger partial charge in [-0.2, -0.15) is 4.98 Å². The van der Waals surface area contributed by atoms with E-state index in [1.807, 2.05) is 19.9 Å². The lowest BCUT2D eigenvalue weighted by atomic mass is 10.1. The quantitative estimate of drug-likeness (QED) is 0.845. The van der Waals surface area contributed by atoms with Crippen LogP contribution in [0.3, 0.4) is 0 Å². The topological polar surface area (TPSA) is 89.1 Å². The zero-order valence-electron chi connectivity index (χ0n) is 9.88. The monoisotopic (exact) mass is 265 g/mol. The van der Waals surface area contributed by atoms with Gasteiger partial charge in [-0.1, -0.05) is 23.0 Å². The van der Waals surface area contributed by atoms with E-state index in [0.717, 1.165) is 22.9 Å². The van der Waals surface area contributed by atoms with Gasteiger partial charge in [-0.15, -0.1) is 0 Å². The third kappa shape index (κ3) is 2.86. The van der Waals surface area contributed by atoms with E-state index >= 15 is 0 Å². The minimum atomic E-state index is -0.926. The highest BCUT2D eigenvalue weighted by molar-refractivity contribution is 7.99. The minimum Gasteiger partial charge on any atom is -0.481 e. The fourth-order valence-electron chi connectivity index (χ4n) is 1.44. The Kier molecular flexibility index (Phi) is 3.61. The van der Waals surface area contributed by atoms with Crippen LogP contribution < -0.4 is 0 Å². The molecule has 7 heteroatoms. The van der Waals surface area contributed by atoms with Gasteiger partial charge < -0.3 is 9.63 Å². The Morgan fingerprint density at radius 2 is 2.28 bits per heavy atom. The van der Waals surface area contributed by atoms with Crippen LogP contribution in [-0.4, -0.2) is 32.0 Å². The molecule has 94 valence electrons. The molecule has 2 rings (SSSR count). The van der Waals surface area contributed by atoms with Crippen molar-refractivity contribution in [3.63, 3.8) is 0 Å². The van der Waals surface area contributed by atoms with Gasteiger partial charge in [0.05, 0.1) is 0 Å². The summed E-state index contributed by atoms with van der Waals surface area (Å²) in [7, 11) is 0. The highest BCUT2D eigenvalue weighted by Gasteiger charge is 2.13. The molecule has 0 fully saturated rings. The first kappa shape index (κ1) is 12.6. The van der Waals surface area contributed by atoms with Gasteiger partial charge in [0.25, 0.3) is 5.22 Å². The maximum Gasteiger partial charge on any atom is 0.314 e. The molecule has 0 aliphatic heterocycles. The number of rotatable bonds is 4. The Hall–Kier alpha value is -1.89. The average Bonchev–Trinajstić information content (AvgIpc) is 2.75. The number of aliphatic carboxylic acids is 1. The summed E-state index contributed by atoms with van der Waals surface area (Å²) in [5, 5.41) is 12.6. The molecule has 0 saturated heterocycles. The summed E-state index contributed by atoms with van der Waals surface area (Å²) in [4.78, 5) is 18.8. The molecule has 0 aromatic carbocycles. The van der Waals surface area contributed by atoms with E-state index in [1.165, 1.54) is 0 Å². The van der Waals surface area contributed by atoms with E-state index in [9.17, 15) is 4.79 Å². The molecule has 0 aliphatic rings. The fraction of sp³-hybridized carbons (Fsp3) is 0.273. The van der Waals surface area contributed by atoms with Gasteiger partial charge in [-0.05, 0) is 25.0 Å². The Morgan fingerprint density at radius 3 is 2.94 bits per heavy atom. The van der Waals surface area contributed by atoms with E-state index in [-0.39, 0.29) is 11.0 Å². The van der Waals surface area contributed by atoms with E-state index in [2.05, 4.69) is 15.1 Å². The third-order valence-electron chi connectivity index (χ3n) is 2.15. The standard InChI is InChI=1S/C11H11N3O3S/c1-6-3-7(2)9(12-4-6)10-13-11(17-14-10)18-5-8(15)16/h3-4H,5H2,1-2H3,(H,15,16). The van der Waals surface area contributed by atoms with Crippen LogP contribution in [0.2, 0.25) is 0 Å². The molecule has 2 aromatic rings. The number of hydrogen-bond donors (Lipinski definition) is 1. The van der Waals surface area contributed by atoms with Crippen LogP contribution in [0.15, 0.2) is 22.0 Å². The number of aryl methyl sites for hydroxylation is 2. The molecule has 1 N–H and O–H groups in total. The number of carbonyl (C=O) groups is 1. The Balaban J connectivity index is 2.21. The van der Waals surface area contributed by atoms with Gasteiger partial charge in [0.15, 0.2) is 0 Å². The van der Waals surface area contributed by atoms with E-state index in [0.29, 0.717) is 11.5 Å². The SMILES string of the molecule is Cc1cnc(-c2noc(SCC(=O)O)n2)c(C)c1. The summed E-state index contributed by atoms with van der Waals surface area (Å²) in [6.07, 6.45) is 1.72. The maximum atomic E-state index is 10.4. The van der Waals surface area contributed by atoms with Gasteiger partial charge in [-0.25, -0.2) is 0 Å². The summed E-state index contributed by atoms with van der Waals surface area (Å²) >= 11 is 0.985. The van der Waals surface area contributed by atoms with Crippen molar-refractivity contribution in [1.82, 2.24) is 15.1 Å². The molecular weight excluding hydrogens is 254 g/mol. The molecular formula is C11H11N3O3S. The highest BCUT2D eigenvalue weighted by Crippen LogP contribution is 2.22. The van der Waals surface area contributed by atoms with Gasteiger partial charge in [0, 0.05) is 6.20 Å². The number of thioether (sulfide) groups is 1. The van der Waals surface area contributed by atoms with Crippen LogP contribution in [0.5, 0.6) is 0 Å². The number of nitrogens with zero attached hydrogens (tertiary/aromatic N) is 3. The summed E-state index contributed by atoms with van der Waals surface area (Å²) in [6, 6.07) is 1.97. The first-order chi connectivity index (χ1) is 8.56. The van der Waals surface area contributed by atoms with Crippen LogP contribution in [0, 0.1) is 13.8 Å². The van der Waals surface area contributed by atoms with Crippen molar-refractivity contribution in [3.05, 3.63) is 23.4 Å². The van der Waals surface area contributed by atoms with Crippen LogP contribution >= 0.6 is 11.8 Å². The molecule has 6 nitrogen and oxygen atoms in total. The van der Waals surface area contributed by atoms with Crippen LogP contribution in [-0.2, 0) is 4.79 Å². The smallest absolute Gasteiger partial charge is 0.314 e. The number of pyridine rings is 1. The van der Waals surface area contributed by atoms with Crippen LogP contribution in [0.1, 0.15) is 11.1 Å². The van der Waals surface area contributed by atoms with Crippen molar-refractivity contribution in [2.45, 2.75) is 19.1 Å². The van der Waals surface area contributed by atoms with Crippen LogP contribution in [0.4, 0.5) is 0 Å². The Bertz CT molecular complexity index is 583. The second-order valence-electron chi connectivity index (χ2n) is 3.74. The van der Waals surface area contributed by atoms with E-state index in [1.54, 1.807) is 6.20 Å². The highest BCUT2D eigenvalue weighted by atomic mass is 32.2. The average molecular weight is 265 g/mol. The number of aromatic nitrogens is 3. The molecule has 0 unspecified atom stereocenters. The van der Waals surface area contributed by atoms with E-state index < -0.39 is 5.97 Å². The molecule has 18 heavy (non-hydrogen) atoms. The van der Waals surface area contributed by atoms with Crippen molar-refractivity contribution in [1.29, 1.82) is 0 Å². The maximum absolute atomic E-state index is 10.4. The molecule has 0 aliphatic carbocycles. The van der Waals surface area contributed by atoms with Crippen molar-refractivity contribution in [2.75, 3.05) is 5.75 Å². The van der Waals surface area contributed by atoms with Gasteiger partial charge >= 0.3 is 5.97 Å². The number of hydrogen-bond acceptors (Lipinski definition) is 6. The van der Waals surface area contributed by atoms with Crippen LogP contribution in [0.25, 0.3) is 11.5 Å². The minimum absolute atomic E-state index is 0.109. The first-order valence-corrected chi connectivity index (χ1v) is 6.17. The summed E-state index contributed by atoms with van der Waals surface area (Å²) in [5.74, 6) is -0.660. The zero-order valence-corrected chi connectivity index (χ0v) is 10.7. The first-order valence-electron chi connectivity index (χ1n) is 5.18. The summed E-state index contributed by atoms with van der Waals surface area (Å²) in [5.41, 5.74) is 2.65.